The molecular formula is C14H20N2O3S2. The molecule has 0 aliphatic carbocycles. The Balaban J connectivity index is 2.65. The number of sulfonamides is 1. The number of hydrogen-bond donors (Lipinski definition) is 2. The third-order valence-corrected chi connectivity index (χ3v) is 4.08. The molecule has 0 aromatic heterocycles. The van der Waals surface area contributed by atoms with Crippen molar-refractivity contribution in [2.75, 3.05) is 22.5 Å². The number of amides is 1. The van der Waals surface area contributed by atoms with E-state index in [1.165, 1.54) is 11.8 Å². The van der Waals surface area contributed by atoms with Gasteiger partial charge in [0.2, 0.25) is 15.9 Å². The van der Waals surface area contributed by atoms with Gasteiger partial charge in [0.15, 0.2) is 0 Å². The Morgan fingerprint density at radius 3 is 2.81 bits per heavy atom. The molecule has 0 aliphatic rings. The molecule has 21 heavy (non-hydrogen) atoms. The summed E-state index contributed by atoms with van der Waals surface area (Å²) in [4.78, 5) is 11.7. The summed E-state index contributed by atoms with van der Waals surface area (Å²) in [5, 5.41) is 2.87. The van der Waals surface area contributed by atoms with Gasteiger partial charge in [-0.25, -0.2) is 8.42 Å². The van der Waals surface area contributed by atoms with Gasteiger partial charge in [-0.2, -0.15) is 0 Å². The summed E-state index contributed by atoms with van der Waals surface area (Å²) in [7, 11) is -3.31. The second-order valence-electron chi connectivity index (χ2n) is 4.59. The molecule has 0 saturated heterocycles. The maximum absolute atomic E-state index is 11.7. The Bertz CT molecular complexity index is 600. The van der Waals surface area contributed by atoms with Crippen molar-refractivity contribution in [2.45, 2.75) is 13.0 Å². The first-order chi connectivity index (χ1) is 9.81. The Kier molecular flexibility index (Phi) is 6.77. The molecule has 0 heterocycles. The van der Waals surface area contributed by atoms with Gasteiger partial charge in [0.25, 0.3) is 0 Å². The van der Waals surface area contributed by atoms with Gasteiger partial charge in [-0.1, -0.05) is 18.2 Å². The summed E-state index contributed by atoms with van der Waals surface area (Å²) in [6, 6.07) is 6.78. The van der Waals surface area contributed by atoms with Gasteiger partial charge >= 0.3 is 0 Å². The highest BCUT2D eigenvalue weighted by Gasteiger charge is 2.10. The SMILES string of the molecule is C=CCSCC(=O)N[C@H](C)c1cccc(NS(C)(=O)=O)c1. The van der Waals surface area contributed by atoms with Crippen LogP contribution in [0.15, 0.2) is 36.9 Å². The monoisotopic (exact) mass is 328 g/mol. The second-order valence-corrected chi connectivity index (χ2v) is 7.37. The van der Waals surface area contributed by atoms with Gasteiger partial charge in [0.1, 0.15) is 0 Å². The lowest BCUT2D eigenvalue weighted by Crippen LogP contribution is -2.28. The van der Waals surface area contributed by atoms with Crippen molar-refractivity contribution in [2.24, 2.45) is 0 Å². The standard InChI is InChI=1S/C14H20N2O3S2/c1-4-8-20-10-14(17)15-11(2)12-6-5-7-13(9-12)16-21(3,18)19/h4-7,9,11,16H,1,8,10H2,2-3H3,(H,15,17)/t11-/m1/s1. The summed E-state index contributed by atoms with van der Waals surface area (Å²) in [5.74, 6) is 1.04. The average molecular weight is 328 g/mol. The fourth-order valence-electron chi connectivity index (χ4n) is 1.69. The van der Waals surface area contributed by atoms with E-state index < -0.39 is 10.0 Å². The summed E-state index contributed by atoms with van der Waals surface area (Å²) in [6.07, 6.45) is 2.85. The molecule has 116 valence electrons. The van der Waals surface area contributed by atoms with Crippen LogP contribution in [0.1, 0.15) is 18.5 Å². The first-order valence-electron chi connectivity index (χ1n) is 6.37. The summed E-state index contributed by atoms with van der Waals surface area (Å²) >= 11 is 1.49. The summed E-state index contributed by atoms with van der Waals surface area (Å²) in [6.45, 7) is 5.45. The number of hydrogen-bond acceptors (Lipinski definition) is 4. The number of carbonyl (C=O) groups is 1. The molecule has 1 atom stereocenters. The topological polar surface area (TPSA) is 75.3 Å². The van der Waals surface area contributed by atoms with Crippen LogP contribution in [0.5, 0.6) is 0 Å². The summed E-state index contributed by atoms with van der Waals surface area (Å²) < 4.78 is 24.8. The summed E-state index contributed by atoms with van der Waals surface area (Å²) in [5.41, 5.74) is 1.32. The van der Waals surface area contributed by atoms with Gasteiger partial charge < -0.3 is 5.32 Å². The number of benzene rings is 1. The van der Waals surface area contributed by atoms with Crippen LogP contribution < -0.4 is 10.0 Å². The molecule has 7 heteroatoms. The maximum Gasteiger partial charge on any atom is 0.230 e. The minimum atomic E-state index is -3.31. The van der Waals surface area contributed by atoms with Crippen LogP contribution in [0.2, 0.25) is 0 Å². The predicted molar refractivity (Wildman–Crippen MR) is 89.0 cm³/mol. The van der Waals surface area contributed by atoms with E-state index in [4.69, 9.17) is 0 Å². The van der Waals surface area contributed by atoms with Gasteiger partial charge in [0, 0.05) is 11.4 Å². The van der Waals surface area contributed by atoms with E-state index in [1.807, 2.05) is 13.0 Å². The van der Waals surface area contributed by atoms with E-state index in [0.717, 1.165) is 17.6 Å². The highest BCUT2D eigenvalue weighted by Crippen LogP contribution is 2.18. The van der Waals surface area contributed by atoms with Crippen molar-refractivity contribution in [3.05, 3.63) is 42.5 Å². The van der Waals surface area contributed by atoms with Crippen molar-refractivity contribution in [1.82, 2.24) is 5.32 Å². The van der Waals surface area contributed by atoms with E-state index in [9.17, 15) is 13.2 Å². The molecule has 5 nitrogen and oxygen atoms in total. The molecule has 0 fully saturated rings. The first-order valence-corrected chi connectivity index (χ1v) is 9.42. The van der Waals surface area contributed by atoms with Crippen LogP contribution >= 0.6 is 11.8 Å². The van der Waals surface area contributed by atoms with E-state index in [0.29, 0.717) is 11.4 Å². The predicted octanol–water partition coefficient (Wildman–Crippen LogP) is 2.15. The Morgan fingerprint density at radius 1 is 1.48 bits per heavy atom. The number of anilines is 1. The average Bonchev–Trinajstić information content (AvgIpc) is 2.37. The fraction of sp³-hybridized carbons (Fsp3) is 0.357. The first kappa shape index (κ1) is 17.6. The van der Waals surface area contributed by atoms with Crippen molar-refractivity contribution < 1.29 is 13.2 Å². The van der Waals surface area contributed by atoms with E-state index in [2.05, 4.69) is 16.6 Å². The molecule has 1 aromatic rings. The van der Waals surface area contributed by atoms with Crippen molar-refractivity contribution in [1.29, 1.82) is 0 Å². The Morgan fingerprint density at radius 2 is 2.19 bits per heavy atom. The Labute approximate surface area is 130 Å². The molecule has 2 N–H and O–H groups in total. The Hall–Kier alpha value is -1.47. The van der Waals surface area contributed by atoms with Crippen LogP contribution in [0, 0.1) is 0 Å². The van der Waals surface area contributed by atoms with Crippen molar-refractivity contribution in [3.8, 4) is 0 Å². The maximum atomic E-state index is 11.7. The van der Waals surface area contributed by atoms with Crippen LogP contribution in [0.25, 0.3) is 0 Å². The van der Waals surface area contributed by atoms with Gasteiger partial charge in [0.05, 0.1) is 18.1 Å². The van der Waals surface area contributed by atoms with Gasteiger partial charge in [-0.3, -0.25) is 9.52 Å². The minimum Gasteiger partial charge on any atom is -0.349 e. The van der Waals surface area contributed by atoms with Crippen molar-refractivity contribution >= 4 is 33.4 Å². The quantitative estimate of drug-likeness (QED) is 0.566. The molecule has 1 aromatic carbocycles. The fourth-order valence-corrected chi connectivity index (χ4v) is 2.80. The smallest absolute Gasteiger partial charge is 0.230 e. The van der Waals surface area contributed by atoms with Crippen LogP contribution in [0.4, 0.5) is 5.69 Å². The number of rotatable bonds is 8. The number of nitrogens with one attached hydrogen (secondary N) is 2. The van der Waals surface area contributed by atoms with Crippen molar-refractivity contribution in [3.63, 3.8) is 0 Å². The molecule has 1 rings (SSSR count). The largest absolute Gasteiger partial charge is 0.349 e. The minimum absolute atomic E-state index is 0.0594. The molecule has 0 aliphatic heterocycles. The molecular weight excluding hydrogens is 308 g/mol. The highest BCUT2D eigenvalue weighted by atomic mass is 32.2. The molecule has 0 bridgehead atoms. The van der Waals surface area contributed by atoms with Gasteiger partial charge in [-0.15, -0.1) is 18.3 Å². The third kappa shape index (κ3) is 7.19. The normalized spacial score (nSPS) is 12.5. The lowest BCUT2D eigenvalue weighted by atomic mass is 10.1. The number of thioether (sulfide) groups is 1. The van der Waals surface area contributed by atoms with Crippen LogP contribution in [0.3, 0.4) is 0 Å². The zero-order chi connectivity index (χ0) is 15.9. The third-order valence-electron chi connectivity index (χ3n) is 2.54. The molecule has 0 unspecified atom stereocenters. The molecule has 0 saturated carbocycles. The molecule has 0 radical (unpaired) electrons. The van der Waals surface area contributed by atoms with Gasteiger partial charge in [-0.05, 0) is 24.6 Å². The highest BCUT2D eigenvalue weighted by molar-refractivity contribution is 8.00. The van der Waals surface area contributed by atoms with Crippen LogP contribution in [-0.2, 0) is 14.8 Å². The molecule has 0 spiro atoms. The zero-order valence-electron chi connectivity index (χ0n) is 12.1. The van der Waals surface area contributed by atoms with E-state index >= 15 is 0 Å². The number of carbonyl (C=O) groups excluding carboxylic acids is 1. The lowest BCUT2D eigenvalue weighted by molar-refractivity contribution is -0.119. The molecule has 1 amide bonds. The lowest BCUT2D eigenvalue weighted by Gasteiger charge is -2.15. The second kappa shape index (κ2) is 8.09. The zero-order valence-corrected chi connectivity index (χ0v) is 13.8. The van der Waals surface area contributed by atoms with E-state index in [1.54, 1.807) is 24.3 Å². The van der Waals surface area contributed by atoms with Crippen LogP contribution in [-0.4, -0.2) is 32.1 Å². The van der Waals surface area contributed by atoms with E-state index in [-0.39, 0.29) is 11.9 Å².